The Balaban J connectivity index is 1.31. The molecule has 36 heavy (non-hydrogen) atoms. The molecular weight excluding hydrogens is 460 g/mol. The third-order valence-electron chi connectivity index (χ3n) is 12.5. The second-order valence-corrected chi connectivity index (χ2v) is 20.6. The van der Waals surface area contributed by atoms with E-state index in [1.165, 1.54) is 57.8 Å². The summed E-state index contributed by atoms with van der Waals surface area (Å²) in [6.07, 6.45) is 16.5. The number of rotatable bonds is 7. The molecule has 5 aliphatic rings. The Morgan fingerprint density at radius 2 is 1.75 bits per heavy atom. The first-order chi connectivity index (χ1) is 16.7. The van der Waals surface area contributed by atoms with Crippen LogP contribution in [0, 0.1) is 34.5 Å². The van der Waals surface area contributed by atoms with Crippen LogP contribution >= 0.6 is 0 Å². The number of fused-ring (bicyclic) bond motifs is 5. The van der Waals surface area contributed by atoms with Crippen LogP contribution in [0.25, 0.3) is 0 Å². The molecule has 1 aliphatic heterocycles. The number of hydrogen-bond acceptors (Lipinski definition) is 3. The van der Waals surface area contributed by atoms with Crippen LogP contribution in [0.5, 0.6) is 0 Å². The maximum absolute atomic E-state index is 6.98. The fourth-order valence-electron chi connectivity index (χ4n) is 8.84. The van der Waals surface area contributed by atoms with E-state index in [1.807, 2.05) is 5.57 Å². The molecule has 2 unspecified atom stereocenters. The van der Waals surface area contributed by atoms with Crippen molar-refractivity contribution >= 4 is 8.32 Å². The summed E-state index contributed by atoms with van der Waals surface area (Å²) >= 11 is 0. The zero-order chi connectivity index (χ0) is 26.1. The van der Waals surface area contributed by atoms with E-state index in [1.54, 1.807) is 0 Å². The van der Waals surface area contributed by atoms with Crippen molar-refractivity contribution in [3.8, 4) is 0 Å². The molecule has 4 heteroatoms. The highest BCUT2D eigenvalue weighted by Gasteiger charge is 2.58. The topological polar surface area (TPSA) is 31.0 Å². The normalized spacial score (nSPS) is 42.7. The van der Waals surface area contributed by atoms with Gasteiger partial charge in [0.05, 0.1) is 12.2 Å². The average molecular weight is 517 g/mol. The van der Waals surface area contributed by atoms with E-state index in [0.717, 1.165) is 24.2 Å². The molecule has 5 rings (SSSR count). The van der Waals surface area contributed by atoms with E-state index in [9.17, 15) is 0 Å². The zero-order valence-electron chi connectivity index (χ0n) is 25.0. The standard InChI is InChI=1S/C32H56O3Si/c1-29(2,3)36(8,9)35-28(33-21-27-30(4,5)34-27)20-23-14-16-25-24-15-13-22-12-10-11-18-31(22,6)26(24)17-19-32(23,25)7/h13,23-28H,10-12,14-21H2,1-9H3/t23-,24+,25+,26+,27?,28?,31+,32-/m1/s1. The molecule has 3 nitrogen and oxygen atoms in total. The highest BCUT2D eigenvalue weighted by atomic mass is 28.4. The average Bonchev–Trinajstić information content (AvgIpc) is 3.25. The lowest BCUT2D eigenvalue weighted by atomic mass is 9.47. The summed E-state index contributed by atoms with van der Waals surface area (Å²) in [4.78, 5) is 0. The minimum Gasteiger partial charge on any atom is -0.392 e. The highest BCUT2D eigenvalue weighted by molar-refractivity contribution is 6.74. The highest BCUT2D eigenvalue weighted by Crippen LogP contribution is 2.66. The molecule has 1 saturated heterocycles. The van der Waals surface area contributed by atoms with Gasteiger partial charge in [0.2, 0.25) is 0 Å². The minimum absolute atomic E-state index is 0.0348. The first kappa shape index (κ1) is 27.4. The Bertz CT molecular complexity index is 856. The summed E-state index contributed by atoms with van der Waals surface area (Å²) in [7, 11) is -1.93. The maximum atomic E-state index is 6.98. The van der Waals surface area contributed by atoms with Crippen LogP contribution in [0.3, 0.4) is 0 Å². The molecule has 0 aromatic carbocycles. The summed E-state index contributed by atoms with van der Waals surface area (Å²) in [5, 5.41) is 0.186. The molecule has 1 heterocycles. The Hall–Kier alpha value is -0.163. The Labute approximate surface area is 223 Å². The minimum atomic E-state index is -1.93. The molecule has 0 bridgehead atoms. The predicted molar refractivity (Wildman–Crippen MR) is 151 cm³/mol. The van der Waals surface area contributed by atoms with Crippen molar-refractivity contribution in [1.29, 1.82) is 0 Å². The van der Waals surface area contributed by atoms with Gasteiger partial charge in [0.25, 0.3) is 0 Å². The van der Waals surface area contributed by atoms with Crippen LogP contribution in [0.1, 0.15) is 113 Å². The SMILES string of the molecule is CC1(C)OC1COC(C[C@H]1CC[C@H]2[C@@H]3CC=C4CCCC[C@]4(C)[C@H]3CC[C@]12C)O[Si](C)(C)C(C)(C)C. The largest absolute Gasteiger partial charge is 0.392 e. The summed E-state index contributed by atoms with van der Waals surface area (Å²) in [6, 6.07) is 0. The van der Waals surface area contributed by atoms with Crippen LogP contribution in [0.4, 0.5) is 0 Å². The van der Waals surface area contributed by atoms with Crippen LogP contribution in [-0.4, -0.2) is 32.9 Å². The summed E-state index contributed by atoms with van der Waals surface area (Å²) in [5.74, 6) is 3.38. The zero-order valence-corrected chi connectivity index (χ0v) is 26.0. The van der Waals surface area contributed by atoms with Gasteiger partial charge in [-0.15, -0.1) is 0 Å². The van der Waals surface area contributed by atoms with Crippen molar-refractivity contribution in [2.75, 3.05) is 6.61 Å². The molecule has 4 aliphatic carbocycles. The lowest BCUT2D eigenvalue weighted by Gasteiger charge is -2.58. The number of epoxide rings is 1. The van der Waals surface area contributed by atoms with Crippen molar-refractivity contribution in [2.24, 2.45) is 34.5 Å². The van der Waals surface area contributed by atoms with Crippen LogP contribution < -0.4 is 0 Å². The van der Waals surface area contributed by atoms with E-state index in [2.05, 4.69) is 67.6 Å². The Morgan fingerprint density at radius 1 is 1.03 bits per heavy atom. The van der Waals surface area contributed by atoms with Gasteiger partial charge in [-0.2, -0.15) is 0 Å². The van der Waals surface area contributed by atoms with Crippen molar-refractivity contribution < 1.29 is 13.9 Å². The van der Waals surface area contributed by atoms with E-state index in [-0.39, 0.29) is 23.0 Å². The van der Waals surface area contributed by atoms with Gasteiger partial charge in [-0.05, 0) is 118 Å². The van der Waals surface area contributed by atoms with Crippen molar-refractivity contribution in [3.63, 3.8) is 0 Å². The third kappa shape index (κ3) is 4.73. The fraction of sp³-hybridized carbons (Fsp3) is 0.938. The number of allylic oxidation sites excluding steroid dienone is 2. The van der Waals surface area contributed by atoms with Gasteiger partial charge in [-0.25, -0.2) is 0 Å². The van der Waals surface area contributed by atoms with Crippen LogP contribution in [-0.2, 0) is 13.9 Å². The molecule has 8 atom stereocenters. The van der Waals surface area contributed by atoms with Crippen molar-refractivity contribution in [1.82, 2.24) is 0 Å². The number of hydrogen-bond donors (Lipinski definition) is 0. The van der Waals surface area contributed by atoms with Crippen LogP contribution in [0.15, 0.2) is 11.6 Å². The number of ether oxygens (including phenoxy) is 2. The van der Waals surface area contributed by atoms with E-state index < -0.39 is 8.32 Å². The quantitative estimate of drug-likeness (QED) is 0.146. The van der Waals surface area contributed by atoms with Gasteiger partial charge in [-0.3, -0.25) is 0 Å². The molecule has 0 N–H and O–H groups in total. The van der Waals surface area contributed by atoms with Gasteiger partial charge in [0, 0.05) is 6.42 Å². The Kier molecular flexibility index (Phi) is 7.01. The molecular formula is C32H56O3Si. The van der Waals surface area contributed by atoms with E-state index >= 15 is 0 Å². The van der Waals surface area contributed by atoms with Crippen molar-refractivity contribution in [3.05, 3.63) is 11.6 Å². The maximum Gasteiger partial charge on any atom is 0.195 e. The molecule has 4 fully saturated rings. The van der Waals surface area contributed by atoms with Gasteiger partial charge in [0.1, 0.15) is 12.4 Å². The summed E-state index contributed by atoms with van der Waals surface area (Å²) < 4.78 is 19.4. The summed E-state index contributed by atoms with van der Waals surface area (Å²) in [6.45, 7) is 22.1. The second kappa shape index (κ2) is 9.20. The van der Waals surface area contributed by atoms with Crippen molar-refractivity contribution in [2.45, 2.75) is 149 Å². The lowest BCUT2D eigenvalue weighted by Crippen LogP contribution is -2.50. The molecule has 3 saturated carbocycles. The Morgan fingerprint density at radius 3 is 2.42 bits per heavy atom. The van der Waals surface area contributed by atoms with Crippen LogP contribution in [0.2, 0.25) is 18.1 Å². The lowest BCUT2D eigenvalue weighted by molar-refractivity contribution is -0.119. The molecule has 0 amide bonds. The van der Waals surface area contributed by atoms with Gasteiger partial charge in [-0.1, -0.05) is 52.7 Å². The third-order valence-corrected chi connectivity index (χ3v) is 17.0. The van der Waals surface area contributed by atoms with E-state index in [4.69, 9.17) is 13.9 Å². The second-order valence-electron chi connectivity index (χ2n) is 15.9. The van der Waals surface area contributed by atoms with Gasteiger partial charge < -0.3 is 13.9 Å². The first-order valence-electron chi connectivity index (χ1n) is 15.3. The monoisotopic (exact) mass is 516 g/mol. The summed E-state index contributed by atoms with van der Waals surface area (Å²) in [5.41, 5.74) is 2.72. The molecule has 0 spiro atoms. The smallest absolute Gasteiger partial charge is 0.195 e. The van der Waals surface area contributed by atoms with Gasteiger partial charge >= 0.3 is 0 Å². The molecule has 206 valence electrons. The van der Waals surface area contributed by atoms with Gasteiger partial charge in [0.15, 0.2) is 8.32 Å². The fourth-order valence-corrected chi connectivity index (χ4v) is 10.0. The first-order valence-corrected chi connectivity index (χ1v) is 18.2. The molecule has 0 aromatic rings. The van der Waals surface area contributed by atoms with E-state index in [0.29, 0.717) is 23.4 Å². The molecule has 0 radical (unpaired) electrons. The predicted octanol–water partition coefficient (Wildman–Crippen LogP) is 8.89. The molecule has 0 aromatic heterocycles.